The van der Waals surface area contributed by atoms with Crippen molar-refractivity contribution in [2.75, 3.05) is 26.2 Å². The molecule has 128 valence electrons. The number of aromatic nitrogens is 2. The zero-order chi connectivity index (χ0) is 17.1. The van der Waals surface area contributed by atoms with Gasteiger partial charge in [-0.15, -0.1) is 0 Å². The summed E-state index contributed by atoms with van der Waals surface area (Å²) in [6.45, 7) is 0.454. The smallest absolute Gasteiger partial charge is 0.333 e. The Morgan fingerprint density at radius 3 is 2.50 bits per heavy atom. The maximum atomic E-state index is 12.5. The Bertz CT molecular complexity index is 714. The number of nitrogens with zero attached hydrogens (tertiary/aromatic N) is 4. The predicted molar refractivity (Wildman–Crippen MR) is 86.1 cm³/mol. The van der Waals surface area contributed by atoms with Crippen LogP contribution in [-0.2, 0) is 6.54 Å². The fraction of sp³-hybridized carbons (Fsp3) is 0.375. The van der Waals surface area contributed by atoms with Crippen LogP contribution in [0.3, 0.4) is 0 Å². The van der Waals surface area contributed by atoms with E-state index in [0.29, 0.717) is 30.9 Å². The fourth-order valence-corrected chi connectivity index (χ4v) is 2.89. The summed E-state index contributed by atoms with van der Waals surface area (Å²) < 4.78 is 25.6. The third-order valence-corrected chi connectivity index (χ3v) is 4.41. The number of rotatable bonds is 4. The van der Waals surface area contributed by atoms with E-state index in [1.165, 1.54) is 6.07 Å². The van der Waals surface area contributed by atoms with Crippen LogP contribution >= 0.6 is 11.6 Å². The van der Waals surface area contributed by atoms with Crippen molar-refractivity contribution in [3.8, 4) is 0 Å². The highest BCUT2D eigenvalue weighted by Crippen LogP contribution is 2.18. The zero-order valence-electron chi connectivity index (χ0n) is 12.9. The maximum absolute atomic E-state index is 12.5. The number of carbonyl (C=O) groups excluding carboxylic acids is 1. The number of carbonyl (C=O) groups is 1. The van der Waals surface area contributed by atoms with Gasteiger partial charge in [-0.2, -0.15) is 13.9 Å². The number of alkyl halides is 2. The SMILES string of the molecule is O=C(c1ccn(C(F)F)n1)N1CCN(Cc2ccccc2Cl)CC1. The van der Waals surface area contributed by atoms with E-state index in [2.05, 4.69) is 10.00 Å². The summed E-state index contributed by atoms with van der Waals surface area (Å²) in [6, 6.07) is 9.00. The third-order valence-electron chi connectivity index (χ3n) is 4.04. The van der Waals surface area contributed by atoms with E-state index in [1.807, 2.05) is 24.3 Å². The molecule has 1 aromatic carbocycles. The molecule has 0 aliphatic carbocycles. The molecule has 1 saturated heterocycles. The van der Waals surface area contributed by atoms with E-state index in [-0.39, 0.29) is 11.6 Å². The van der Waals surface area contributed by atoms with Crippen molar-refractivity contribution in [3.63, 3.8) is 0 Å². The molecule has 0 N–H and O–H groups in total. The Kier molecular flexibility index (Phi) is 5.11. The Balaban J connectivity index is 1.56. The maximum Gasteiger partial charge on any atom is 0.333 e. The van der Waals surface area contributed by atoms with Gasteiger partial charge in [0.1, 0.15) is 0 Å². The quantitative estimate of drug-likeness (QED) is 0.847. The highest BCUT2D eigenvalue weighted by molar-refractivity contribution is 6.31. The average Bonchev–Trinajstić information content (AvgIpc) is 3.07. The minimum Gasteiger partial charge on any atom is -0.335 e. The van der Waals surface area contributed by atoms with Crippen molar-refractivity contribution in [1.29, 1.82) is 0 Å². The summed E-state index contributed by atoms with van der Waals surface area (Å²) in [7, 11) is 0. The molecule has 0 bridgehead atoms. The third kappa shape index (κ3) is 3.73. The second-order valence-electron chi connectivity index (χ2n) is 5.62. The Labute approximate surface area is 143 Å². The van der Waals surface area contributed by atoms with Crippen molar-refractivity contribution < 1.29 is 13.6 Å². The van der Waals surface area contributed by atoms with E-state index in [0.717, 1.165) is 23.3 Å². The van der Waals surface area contributed by atoms with Crippen molar-refractivity contribution in [2.45, 2.75) is 13.1 Å². The van der Waals surface area contributed by atoms with Crippen LogP contribution in [0.4, 0.5) is 8.78 Å². The van der Waals surface area contributed by atoms with Crippen LogP contribution in [0.2, 0.25) is 5.02 Å². The van der Waals surface area contributed by atoms with Gasteiger partial charge in [0, 0.05) is 43.9 Å². The van der Waals surface area contributed by atoms with E-state index in [9.17, 15) is 13.6 Å². The molecule has 1 aliphatic heterocycles. The number of hydrogen-bond donors (Lipinski definition) is 0. The molecule has 5 nitrogen and oxygen atoms in total. The highest BCUT2D eigenvalue weighted by Gasteiger charge is 2.24. The van der Waals surface area contributed by atoms with Gasteiger partial charge in [-0.25, -0.2) is 4.68 Å². The zero-order valence-corrected chi connectivity index (χ0v) is 13.7. The van der Waals surface area contributed by atoms with Crippen LogP contribution in [0, 0.1) is 0 Å². The Morgan fingerprint density at radius 2 is 1.88 bits per heavy atom. The van der Waals surface area contributed by atoms with Gasteiger partial charge >= 0.3 is 6.55 Å². The summed E-state index contributed by atoms with van der Waals surface area (Å²) in [5, 5.41) is 4.36. The van der Waals surface area contributed by atoms with Gasteiger partial charge in [0.25, 0.3) is 5.91 Å². The van der Waals surface area contributed by atoms with Gasteiger partial charge in [-0.05, 0) is 17.7 Å². The minimum absolute atomic E-state index is 0.0508. The first-order valence-electron chi connectivity index (χ1n) is 7.63. The molecule has 3 rings (SSSR count). The highest BCUT2D eigenvalue weighted by atomic mass is 35.5. The summed E-state index contributed by atoms with van der Waals surface area (Å²) in [4.78, 5) is 16.2. The molecule has 1 aromatic heterocycles. The summed E-state index contributed by atoms with van der Waals surface area (Å²) in [6.07, 6.45) is 1.12. The van der Waals surface area contributed by atoms with Crippen LogP contribution in [-0.4, -0.2) is 51.7 Å². The standard InChI is InChI=1S/C16H17ClF2N4O/c17-13-4-2-1-3-12(13)11-21-7-9-22(10-8-21)15(24)14-5-6-23(20-14)16(18)19/h1-6,16H,7-11H2. The molecule has 2 aromatic rings. The van der Waals surface area contributed by atoms with Gasteiger partial charge in [0.2, 0.25) is 0 Å². The first kappa shape index (κ1) is 16.9. The Hall–Kier alpha value is -1.99. The second kappa shape index (κ2) is 7.27. The molecule has 1 amide bonds. The number of piperazine rings is 1. The molecule has 0 saturated carbocycles. The number of hydrogen-bond acceptors (Lipinski definition) is 3. The lowest BCUT2D eigenvalue weighted by atomic mass is 10.2. The Morgan fingerprint density at radius 1 is 1.17 bits per heavy atom. The van der Waals surface area contributed by atoms with Crippen molar-refractivity contribution in [1.82, 2.24) is 19.6 Å². The van der Waals surface area contributed by atoms with Crippen LogP contribution in [0.25, 0.3) is 0 Å². The van der Waals surface area contributed by atoms with Gasteiger partial charge in [0.15, 0.2) is 5.69 Å². The second-order valence-corrected chi connectivity index (χ2v) is 6.03. The summed E-state index contributed by atoms with van der Waals surface area (Å²) in [5.74, 6) is -0.313. The van der Waals surface area contributed by atoms with Crippen molar-refractivity contribution >= 4 is 17.5 Å². The van der Waals surface area contributed by atoms with E-state index >= 15 is 0 Å². The van der Waals surface area contributed by atoms with E-state index < -0.39 is 6.55 Å². The average molecular weight is 355 g/mol. The van der Waals surface area contributed by atoms with Crippen LogP contribution in [0.15, 0.2) is 36.5 Å². The molecule has 8 heteroatoms. The lowest BCUT2D eigenvalue weighted by Crippen LogP contribution is -2.48. The molecule has 0 radical (unpaired) electrons. The monoisotopic (exact) mass is 354 g/mol. The molecule has 0 unspecified atom stereocenters. The van der Waals surface area contributed by atoms with Gasteiger partial charge < -0.3 is 4.90 Å². The van der Waals surface area contributed by atoms with Crippen LogP contribution in [0.5, 0.6) is 0 Å². The summed E-state index contributed by atoms with van der Waals surface area (Å²) in [5.41, 5.74) is 1.10. The van der Waals surface area contributed by atoms with Crippen LogP contribution in [0.1, 0.15) is 22.6 Å². The summed E-state index contributed by atoms with van der Waals surface area (Å²) >= 11 is 6.17. The molecule has 0 spiro atoms. The van der Waals surface area contributed by atoms with Gasteiger partial charge in [-0.3, -0.25) is 9.69 Å². The predicted octanol–water partition coefficient (Wildman–Crippen LogP) is 2.89. The molecular weight excluding hydrogens is 338 g/mol. The van der Waals surface area contributed by atoms with Crippen molar-refractivity contribution in [2.24, 2.45) is 0 Å². The molecule has 0 atom stereocenters. The molecular formula is C16H17ClF2N4O. The number of halogens is 3. The van der Waals surface area contributed by atoms with Crippen molar-refractivity contribution in [3.05, 3.63) is 52.8 Å². The normalized spacial score (nSPS) is 15.9. The minimum atomic E-state index is -2.74. The lowest BCUT2D eigenvalue weighted by Gasteiger charge is -2.34. The first-order valence-corrected chi connectivity index (χ1v) is 8.01. The van der Waals surface area contributed by atoms with Crippen LogP contribution < -0.4 is 0 Å². The number of amides is 1. The van der Waals surface area contributed by atoms with Gasteiger partial charge in [0.05, 0.1) is 0 Å². The number of benzene rings is 1. The molecule has 24 heavy (non-hydrogen) atoms. The molecule has 1 aliphatic rings. The topological polar surface area (TPSA) is 41.4 Å². The fourth-order valence-electron chi connectivity index (χ4n) is 2.70. The molecule has 2 heterocycles. The lowest BCUT2D eigenvalue weighted by molar-refractivity contribution is 0.0534. The molecule has 1 fully saturated rings. The first-order chi connectivity index (χ1) is 11.5. The van der Waals surface area contributed by atoms with E-state index in [1.54, 1.807) is 4.90 Å². The largest absolute Gasteiger partial charge is 0.335 e. The van der Waals surface area contributed by atoms with Gasteiger partial charge in [-0.1, -0.05) is 29.8 Å². The van der Waals surface area contributed by atoms with E-state index in [4.69, 9.17) is 11.6 Å².